The van der Waals surface area contributed by atoms with E-state index in [2.05, 4.69) is 25.3 Å². The molecule has 0 radical (unpaired) electrons. The lowest BCUT2D eigenvalue weighted by Gasteiger charge is -1.98. The molecule has 2 aromatic carbocycles. The van der Waals surface area contributed by atoms with Crippen LogP contribution >= 0.6 is 34.3 Å². The Bertz CT molecular complexity index is 1420. The number of benzene rings is 2. The Morgan fingerprint density at radius 2 is 1.68 bits per heavy atom. The fourth-order valence-electron chi connectivity index (χ4n) is 2.96. The molecule has 0 atom stereocenters. The molecule has 1 N–H and O–H groups in total. The second kappa shape index (κ2) is 8.38. The van der Waals surface area contributed by atoms with Crippen molar-refractivity contribution in [3.05, 3.63) is 86.9 Å². The smallest absolute Gasteiger partial charge is 0.286 e. The molecule has 0 saturated heterocycles. The lowest BCUT2D eigenvalue weighted by atomic mass is 10.1. The maximum Gasteiger partial charge on any atom is 0.301 e. The summed E-state index contributed by atoms with van der Waals surface area (Å²) in [4.78, 5) is 21.9. The minimum atomic E-state index is -0.348. The summed E-state index contributed by atoms with van der Waals surface area (Å²) in [7, 11) is 0. The number of H-pyrrole nitrogens is 1. The average molecular weight is 465 g/mol. The molecule has 152 valence electrons. The molecule has 5 aromatic rings. The van der Waals surface area contributed by atoms with Gasteiger partial charge in [0.25, 0.3) is 0 Å². The Balaban J connectivity index is 1.61. The van der Waals surface area contributed by atoms with E-state index in [0.29, 0.717) is 20.3 Å². The molecule has 0 saturated carbocycles. The van der Waals surface area contributed by atoms with E-state index in [1.807, 2.05) is 66.0 Å². The number of aromatic nitrogens is 4. The molecular weight excluding hydrogens is 452 g/mol. The first-order valence-corrected chi connectivity index (χ1v) is 11.2. The first-order valence-electron chi connectivity index (χ1n) is 9.14. The van der Waals surface area contributed by atoms with E-state index >= 15 is 0 Å². The van der Waals surface area contributed by atoms with E-state index in [4.69, 9.17) is 11.6 Å². The molecule has 0 unspecified atom stereocenters. The van der Waals surface area contributed by atoms with Crippen molar-refractivity contribution in [1.82, 2.24) is 19.7 Å². The second-order valence-electron chi connectivity index (χ2n) is 6.37. The van der Waals surface area contributed by atoms with Gasteiger partial charge in [0, 0.05) is 16.5 Å². The molecule has 0 aliphatic heterocycles. The van der Waals surface area contributed by atoms with Crippen molar-refractivity contribution >= 4 is 45.1 Å². The molecular formula is C21H13ClN6OS2. The minimum Gasteiger partial charge on any atom is -0.286 e. The lowest BCUT2D eigenvalue weighted by Crippen LogP contribution is -2.13. The molecule has 3 aromatic heterocycles. The fraction of sp³-hybridized carbons (Fsp3) is 0. The van der Waals surface area contributed by atoms with Gasteiger partial charge in [0.15, 0.2) is 5.69 Å². The van der Waals surface area contributed by atoms with Gasteiger partial charge in [0.2, 0.25) is 10.3 Å². The molecule has 0 aliphatic carbocycles. The lowest BCUT2D eigenvalue weighted by molar-refractivity contribution is 0.843. The summed E-state index contributed by atoms with van der Waals surface area (Å²) < 4.78 is 1.89. The number of aromatic amines is 1. The van der Waals surface area contributed by atoms with Crippen LogP contribution in [0, 0.1) is 0 Å². The molecule has 10 heteroatoms. The number of nitrogens with one attached hydrogen (secondary N) is 1. The van der Waals surface area contributed by atoms with Gasteiger partial charge in [-0.3, -0.25) is 9.89 Å². The van der Waals surface area contributed by atoms with Crippen molar-refractivity contribution in [2.45, 2.75) is 0 Å². The summed E-state index contributed by atoms with van der Waals surface area (Å²) >= 11 is 8.46. The Labute approximate surface area is 189 Å². The fourth-order valence-corrected chi connectivity index (χ4v) is 4.47. The zero-order valence-corrected chi connectivity index (χ0v) is 18.2. The highest BCUT2D eigenvalue weighted by molar-refractivity contribution is 7.19. The minimum absolute atomic E-state index is 0.175. The van der Waals surface area contributed by atoms with Crippen LogP contribution in [0.3, 0.4) is 0 Å². The second-order valence-corrected chi connectivity index (χ2v) is 8.85. The number of halogens is 1. The van der Waals surface area contributed by atoms with Gasteiger partial charge < -0.3 is 0 Å². The average Bonchev–Trinajstić information content (AvgIpc) is 3.53. The van der Waals surface area contributed by atoms with Gasteiger partial charge in [-0.05, 0) is 0 Å². The van der Waals surface area contributed by atoms with E-state index < -0.39 is 0 Å². The molecule has 7 nitrogen and oxygen atoms in total. The number of azo groups is 1. The Hall–Kier alpha value is -3.40. The summed E-state index contributed by atoms with van der Waals surface area (Å²) in [5.41, 5.74) is 2.96. The number of hydrogen-bond donors (Lipinski definition) is 1. The van der Waals surface area contributed by atoms with Crippen LogP contribution in [0.25, 0.3) is 27.6 Å². The Morgan fingerprint density at radius 1 is 0.968 bits per heavy atom. The zero-order valence-electron chi connectivity index (χ0n) is 15.8. The normalized spacial score (nSPS) is 11.4. The summed E-state index contributed by atoms with van der Waals surface area (Å²) in [6.07, 6.45) is 1.49. The van der Waals surface area contributed by atoms with Crippen LogP contribution in [0.1, 0.15) is 0 Å². The molecule has 5 rings (SSSR count). The quantitative estimate of drug-likeness (QED) is 0.302. The van der Waals surface area contributed by atoms with Gasteiger partial charge in [0.05, 0.1) is 17.6 Å². The molecule has 31 heavy (non-hydrogen) atoms. The van der Waals surface area contributed by atoms with Crippen molar-refractivity contribution in [2.75, 3.05) is 0 Å². The highest BCUT2D eigenvalue weighted by Crippen LogP contribution is 2.31. The monoisotopic (exact) mass is 464 g/mol. The van der Waals surface area contributed by atoms with Crippen molar-refractivity contribution in [2.24, 2.45) is 10.2 Å². The van der Waals surface area contributed by atoms with Gasteiger partial charge in [-0.15, -0.1) is 21.6 Å². The van der Waals surface area contributed by atoms with Gasteiger partial charge in [0.1, 0.15) is 4.34 Å². The van der Waals surface area contributed by atoms with E-state index in [1.165, 1.54) is 33.6 Å². The van der Waals surface area contributed by atoms with Gasteiger partial charge in [-0.1, -0.05) is 83.6 Å². The van der Waals surface area contributed by atoms with Gasteiger partial charge in [-0.25, -0.2) is 9.97 Å². The van der Waals surface area contributed by atoms with Crippen LogP contribution < -0.4 is 5.56 Å². The van der Waals surface area contributed by atoms with Crippen molar-refractivity contribution in [1.29, 1.82) is 0 Å². The highest BCUT2D eigenvalue weighted by atomic mass is 35.5. The van der Waals surface area contributed by atoms with Crippen LogP contribution in [0.5, 0.6) is 0 Å². The van der Waals surface area contributed by atoms with Gasteiger partial charge >= 0.3 is 5.56 Å². The standard InChI is InChI=1S/C21H13ClN6OS2/c22-16-11-23-20(31-16)26-25-18-17(14-9-5-2-6-10-14)27-28(19(18)29)21-24-15(12-30-21)13-7-3-1-4-8-13/h1-12,27H. The van der Waals surface area contributed by atoms with Crippen LogP contribution in [0.4, 0.5) is 10.8 Å². The van der Waals surface area contributed by atoms with Crippen molar-refractivity contribution in [3.63, 3.8) is 0 Å². The first-order chi connectivity index (χ1) is 15.2. The predicted octanol–water partition coefficient (Wildman–Crippen LogP) is 6.48. The van der Waals surface area contributed by atoms with E-state index in [0.717, 1.165) is 16.8 Å². The molecule has 0 bridgehead atoms. The maximum absolute atomic E-state index is 13.2. The SMILES string of the molecule is O=c1c(N=Nc2ncc(Cl)s2)c(-c2ccccc2)[nH]n1-c1nc(-c2ccccc2)cs1. The topological polar surface area (TPSA) is 88.3 Å². The third-order valence-electron chi connectivity index (χ3n) is 4.38. The largest absolute Gasteiger partial charge is 0.301 e. The number of hydrogen-bond acceptors (Lipinski definition) is 7. The molecule has 3 heterocycles. The number of rotatable bonds is 5. The Morgan fingerprint density at radius 3 is 2.35 bits per heavy atom. The summed E-state index contributed by atoms with van der Waals surface area (Å²) in [6.45, 7) is 0. The van der Waals surface area contributed by atoms with Crippen molar-refractivity contribution < 1.29 is 0 Å². The third-order valence-corrected chi connectivity index (χ3v) is 6.21. The molecule has 0 amide bonds. The van der Waals surface area contributed by atoms with Crippen LogP contribution in [0.2, 0.25) is 4.34 Å². The van der Waals surface area contributed by atoms with E-state index in [1.54, 1.807) is 0 Å². The number of thiazole rings is 2. The van der Waals surface area contributed by atoms with Crippen LogP contribution in [-0.4, -0.2) is 19.7 Å². The van der Waals surface area contributed by atoms with E-state index in [9.17, 15) is 4.79 Å². The number of nitrogens with zero attached hydrogens (tertiary/aromatic N) is 5. The summed E-state index contributed by atoms with van der Waals surface area (Å²) in [5.74, 6) is 0. The van der Waals surface area contributed by atoms with Crippen molar-refractivity contribution in [3.8, 4) is 27.6 Å². The third kappa shape index (κ3) is 3.98. The van der Waals surface area contributed by atoms with Crippen LogP contribution in [-0.2, 0) is 0 Å². The first kappa shape index (κ1) is 19.6. The summed E-state index contributed by atoms with van der Waals surface area (Å²) in [5, 5.41) is 14.3. The molecule has 0 aliphatic rings. The maximum atomic E-state index is 13.2. The van der Waals surface area contributed by atoms with Gasteiger partial charge in [-0.2, -0.15) is 4.68 Å². The predicted molar refractivity (Wildman–Crippen MR) is 124 cm³/mol. The zero-order chi connectivity index (χ0) is 21.2. The molecule has 0 fully saturated rings. The van der Waals surface area contributed by atoms with E-state index in [-0.39, 0.29) is 11.2 Å². The molecule has 0 spiro atoms. The Kier molecular flexibility index (Phi) is 5.29. The highest BCUT2D eigenvalue weighted by Gasteiger charge is 2.19. The van der Waals surface area contributed by atoms with Crippen LogP contribution in [0.15, 0.2) is 87.3 Å². The summed E-state index contributed by atoms with van der Waals surface area (Å²) in [6, 6.07) is 19.3.